The molecule has 0 saturated heterocycles. The molecule has 2 aliphatic rings. The molecule has 0 saturated carbocycles. The number of aromatic nitrogens is 1. The molecule has 2 aromatic rings. The Hall–Kier alpha value is -2.65. The number of allylic oxidation sites excluding steroid dienone is 3. The molecule has 28 heavy (non-hydrogen) atoms. The molecule has 0 aliphatic heterocycles. The minimum absolute atomic E-state index is 0.0670. The molecule has 1 N–H and O–H groups in total. The second-order valence-corrected chi connectivity index (χ2v) is 7.95. The number of H-pyrrole nitrogens is 1. The Kier molecular flexibility index (Phi) is 4.94. The summed E-state index contributed by atoms with van der Waals surface area (Å²) in [6.45, 7) is 4.22. The second-order valence-electron chi connectivity index (χ2n) is 7.52. The van der Waals surface area contributed by atoms with Crippen molar-refractivity contribution in [3.63, 3.8) is 0 Å². The molecule has 2 bridgehead atoms. The highest BCUT2D eigenvalue weighted by molar-refractivity contribution is 6.41. The fourth-order valence-electron chi connectivity index (χ4n) is 4.57. The van der Waals surface area contributed by atoms with Gasteiger partial charge in [0, 0.05) is 35.9 Å². The molecule has 2 aliphatic carbocycles. The van der Waals surface area contributed by atoms with E-state index in [9.17, 15) is 4.79 Å². The first kappa shape index (κ1) is 18.7. The van der Waals surface area contributed by atoms with Gasteiger partial charge in [-0.25, -0.2) is 0 Å². The second kappa shape index (κ2) is 7.40. The number of pyridine rings is 1. The molecule has 1 aromatic heterocycles. The molecule has 4 heteroatoms. The Labute approximate surface area is 170 Å². The first-order valence-electron chi connectivity index (χ1n) is 9.56. The van der Waals surface area contributed by atoms with E-state index in [1.54, 1.807) is 12.3 Å². The number of hydrogen-bond acceptors (Lipinski definition) is 2. The van der Waals surface area contributed by atoms with E-state index in [1.165, 1.54) is 11.1 Å². The van der Waals surface area contributed by atoms with Crippen LogP contribution in [0.3, 0.4) is 0 Å². The number of nitrogens with one attached hydrogen (secondary N) is 1. The van der Waals surface area contributed by atoms with Crippen molar-refractivity contribution in [3.8, 4) is 0 Å². The van der Waals surface area contributed by atoms with E-state index in [4.69, 9.17) is 16.6 Å². The Morgan fingerprint density at radius 2 is 2.04 bits per heavy atom. The number of hydrogen-bond donors (Lipinski definition) is 1. The summed E-state index contributed by atoms with van der Waals surface area (Å²) < 4.78 is 0. The number of fused-ring (bicyclic) bond motifs is 4. The standard InChI is InChI=1S/C24H23ClN2O/c1-3-20-18-11-16(2)14-24(20,21-9-10-23(28)27-22(21)13-18)26-15-19(25)12-17-7-5-4-6-8-17/h3-12,15,18H,13-14H2,1-2H3,(H,27,28)/b19-12-,20-3+,26-15?. The number of halogens is 1. The van der Waals surface area contributed by atoms with Crippen LogP contribution in [0.2, 0.25) is 0 Å². The van der Waals surface area contributed by atoms with Crippen molar-refractivity contribution in [2.75, 3.05) is 0 Å². The Balaban J connectivity index is 1.83. The molecule has 0 amide bonds. The van der Waals surface area contributed by atoms with E-state index in [1.807, 2.05) is 42.5 Å². The third kappa shape index (κ3) is 3.31. The van der Waals surface area contributed by atoms with E-state index in [-0.39, 0.29) is 11.5 Å². The zero-order chi connectivity index (χ0) is 19.7. The van der Waals surface area contributed by atoms with Crippen LogP contribution >= 0.6 is 11.6 Å². The van der Waals surface area contributed by atoms with Gasteiger partial charge < -0.3 is 4.98 Å². The van der Waals surface area contributed by atoms with E-state index < -0.39 is 5.54 Å². The van der Waals surface area contributed by atoms with Gasteiger partial charge in [-0.3, -0.25) is 9.79 Å². The van der Waals surface area contributed by atoms with Crippen molar-refractivity contribution in [1.82, 2.24) is 4.98 Å². The lowest BCUT2D eigenvalue weighted by Crippen LogP contribution is -2.40. The lowest BCUT2D eigenvalue weighted by Gasteiger charge is -2.45. The topological polar surface area (TPSA) is 45.2 Å². The van der Waals surface area contributed by atoms with Crippen LogP contribution in [0.4, 0.5) is 0 Å². The average Bonchev–Trinajstić information content (AvgIpc) is 2.66. The molecular formula is C24H23ClN2O. The highest BCUT2D eigenvalue weighted by Crippen LogP contribution is 2.51. The van der Waals surface area contributed by atoms with Crippen LogP contribution in [0.1, 0.15) is 37.1 Å². The van der Waals surface area contributed by atoms with Crippen molar-refractivity contribution in [2.45, 2.75) is 32.2 Å². The minimum Gasteiger partial charge on any atom is -0.326 e. The van der Waals surface area contributed by atoms with E-state index in [0.29, 0.717) is 5.03 Å². The third-order valence-electron chi connectivity index (χ3n) is 5.59. The van der Waals surface area contributed by atoms with Gasteiger partial charge in [0.15, 0.2) is 0 Å². The lowest BCUT2D eigenvalue weighted by atomic mass is 9.63. The highest BCUT2D eigenvalue weighted by atomic mass is 35.5. The van der Waals surface area contributed by atoms with E-state index in [0.717, 1.165) is 29.7 Å². The number of benzene rings is 1. The Morgan fingerprint density at radius 1 is 1.25 bits per heavy atom. The fraction of sp³-hybridized carbons (Fsp3) is 0.250. The largest absolute Gasteiger partial charge is 0.326 e. The quantitative estimate of drug-likeness (QED) is 0.554. The summed E-state index contributed by atoms with van der Waals surface area (Å²) in [6, 6.07) is 13.5. The first-order chi connectivity index (χ1) is 13.5. The fourth-order valence-corrected chi connectivity index (χ4v) is 4.74. The smallest absolute Gasteiger partial charge is 0.248 e. The summed E-state index contributed by atoms with van der Waals surface area (Å²) >= 11 is 6.51. The monoisotopic (exact) mass is 390 g/mol. The summed E-state index contributed by atoms with van der Waals surface area (Å²) in [4.78, 5) is 20.0. The lowest BCUT2D eigenvalue weighted by molar-refractivity contribution is 0.413. The molecule has 4 rings (SSSR count). The predicted octanol–water partition coefficient (Wildman–Crippen LogP) is 5.39. The van der Waals surface area contributed by atoms with Gasteiger partial charge in [-0.05, 0) is 43.5 Å². The Morgan fingerprint density at radius 3 is 2.79 bits per heavy atom. The Bertz CT molecular complexity index is 1080. The molecule has 0 fully saturated rings. The van der Waals surface area contributed by atoms with Crippen LogP contribution in [0.15, 0.2) is 80.6 Å². The molecule has 142 valence electrons. The molecule has 3 nitrogen and oxygen atoms in total. The van der Waals surface area contributed by atoms with Gasteiger partial charge >= 0.3 is 0 Å². The van der Waals surface area contributed by atoms with Gasteiger partial charge in [-0.1, -0.05) is 59.7 Å². The summed E-state index contributed by atoms with van der Waals surface area (Å²) in [7, 11) is 0. The molecule has 2 atom stereocenters. The van der Waals surface area contributed by atoms with Gasteiger partial charge in [0.05, 0.1) is 5.03 Å². The van der Waals surface area contributed by atoms with Crippen molar-refractivity contribution in [1.29, 1.82) is 0 Å². The van der Waals surface area contributed by atoms with Gasteiger partial charge in [-0.2, -0.15) is 0 Å². The van der Waals surface area contributed by atoms with Crippen molar-refractivity contribution < 1.29 is 0 Å². The van der Waals surface area contributed by atoms with Crippen molar-refractivity contribution in [2.24, 2.45) is 10.9 Å². The highest BCUT2D eigenvalue weighted by Gasteiger charge is 2.46. The number of aromatic amines is 1. The van der Waals surface area contributed by atoms with Crippen LogP contribution in [0.5, 0.6) is 0 Å². The van der Waals surface area contributed by atoms with Crippen LogP contribution in [-0.2, 0) is 12.0 Å². The number of aliphatic imine (C=N–C) groups is 1. The number of nitrogens with zero attached hydrogens (tertiary/aromatic N) is 1. The van der Waals surface area contributed by atoms with E-state index in [2.05, 4.69) is 31.0 Å². The zero-order valence-electron chi connectivity index (χ0n) is 16.1. The zero-order valence-corrected chi connectivity index (χ0v) is 16.8. The molecule has 0 radical (unpaired) electrons. The van der Waals surface area contributed by atoms with Gasteiger partial charge in [0.1, 0.15) is 5.54 Å². The van der Waals surface area contributed by atoms with Crippen LogP contribution < -0.4 is 5.56 Å². The minimum atomic E-state index is -0.513. The van der Waals surface area contributed by atoms with Crippen molar-refractivity contribution >= 4 is 23.9 Å². The predicted molar refractivity (Wildman–Crippen MR) is 117 cm³/mol. The van der Waals surface area contributed by atoms with Gasteiger partial charge in [0.2, 0.25) is 5.56 Å². The third-order valence-corrected chi connectivity index (χ3v) is 5.80. The van der Waals surface area contributed by atoms with Gasteiger partial charge in [-0.15, -0.1) is 0 Å². The normalized spacial score (nSPS) is 25.7. The molecule has 2 unspecified atom stereocenters. The first-order valence-corrected chi connectivity index (χ1v) is 9.94. The van der Waals surface area contributed by atoms with Crippen LogP contribution in [-0.4, -0.2) is 11.2 Å². The van der Waals surface area contributed by atoms with Crippen molar-refractivity contribution in [3.05, 3.63) is 98.0 Å². The summed E-state index contributed by atoms with van der Waals surface area (Å²) in [5, 5.41) is 0.580. The van der Waals surface area contributed by atoms with E-state index >= 15 is 0 Å². The average molecular weight is 391 g/mol. The van der Waals surface area contributed by atoms with Gasteiger partial charge in [0.25, 0.3) is 0 Å². The molecule has 1 aromatic carbocycles. The molecule has 0 spiro atoms. The van der Waals surface area contributed by atoms with Crippen LogP contribution in [0.25, 0.3) is 6.08 Å². The summed E-state index contributed by atoms with van der Waals surface area (Å²) in [6.07, 6.45) is 9.73. The maximum Gasteiger partial charge on any atom is 0.248 e. The summed E-state index contributed by atoms with van der Waals surface area (Å²) in [5.74, 6) is 0.248. The molecule has 1 heterocycles. The maximum absolute atomic E-state index is 11.9. The molecular weight excluding hydrogens is 368 g/mol. The number of rotatable bonds is 3. The maximum atomic E-state index is 11.9. The summed E-state index contributed by atoms with van der Waals surface area (Å²) in [5.41, 5.74) is 5.10. The van der Waals surface area contributed by atoms with Crippen LogP contribution in [0, 0.1) is 5.92 Å². The SMILES string of the molecule is C/C=C1\C2C=C(C)CC1(N=C/C(Cl)=C/c1ccccc1)c1ccc(=O)[nH]c1C2.